The highest BCUT2D eigenvalue weighted by Crippen LogP contribution is 2.22. The fourth-order valence-electron chi connectivity index (χ4n) is 1.87. The summed E-state index contributed by atoms with van der Waals surface area (Å²) in [6.07, 6.45) is 2.59. The molecule has 0 saturated carbocycles. The highest BCUT2D eigenvalue weighted by molar-refractivity contribution is 8.01. The fourth-order valence-corrected chi connectivity index (χ4v) is 3.53. The molecule has 2 aromatic rings. The van der Waals surface area contributed by atoms with Crippen molar-refractivity contribution in [1.82, 2.24) is 20.1 Å². The molecule has 0 aromatic carbocycles. The fraction of sp³-hybridized carbons (Fsp3) is 0.462. The van der Waals surface area contributed by atoms with Crippen LogP contribution in [0, 0.1) is 6.92 Å². The van der Waals surface area contributed by atoms with E-state index >= 15 is 0 Å². The maximum absolute atomic E-state index is 12.0. The van der Waals surface area contributed by atoms with Crippen molar-refractivity contribution in [1.29, 1.82) is 0 Å². The van der Waals surface area contributed by atoms with Gasteiger partial charge in [-0.1, -0.05) is 18.7 Å². The van der Waals surface area contributed by atoms with E-state index in [1.54, 1.807) is 22.2 Å². The monoisotopic (exact) mass is 310 g/mol. The third-order valence-corrected chi connectivity index (χ3v) is 5.02. The minimum atomic E-state index is 0.00799. The van der Waals surface area contributed by atoms with Crippen LogP contribution in [-0.4, -0.2) is 26.4 Å². The van der Waals surface area contributed by atoms with E-state index in [9.17, 15) is 4.79 Å². The first kappa shape index (κ1) is 15.1. The summed E-state index contributed by atoms with van der Waals surface area (Å²) in [6, 6.07) is 1.94. The van der Waals surface area contributed by atoms with Gasteiger partial charge in [0.05, 0.1) is 17.5 Å². The van der Waals surface area contributed by atoms with E-state index in [0.717, 1.165) is 22.1 Å². The number of thiazole rings is 1. The van der Waals surface area contributed by atoms with Crippen molar-refractivity contribution in [3.63, 3.8) is 0 Å². The van der Waals surface area contributed by atoms with E-state index < -0.39 is 0 Å². The number of rotatable bonds is 6. The largest absolute Gasteiger partial charge is 0.347 e. The first-order valence-corrected chi connectivity index (χ1v) is 8.29. The van der Waals surface area contributed by atoms with Crippen molar-refractivity contribution in [3.8, 4) is 0 Å². The maximum atomic E-state index is 12.0. The van der Waals surface area contributed by atoms with Crippen LogP contribution in [0.3, 0.4) is 0 Å². The van der Waals surface area contributed by atoms with E-state index in [1.165, 1.54) is 11.8 Å². The number of aromatic nitrogens is 3. The van der Waals surface area contributed by atoms with Gasteiger partial charge in [0.2, 0.25) is 5.91 Å². The van der Waals surface area contributed by atoms with Crippen molar-refractivity contribution < 1.29 is 4.79 Å². The van der Waals surface area contributed by atoms with E-state index in [4.69, 9.17) is 0 Å². The molecule has 7 heteroatoms. The molecular formula is C13H18N4OS2. The second-order valence-corrected chi connectivity index (χ2v) is 6.53. The second-order valence-electron chi connectivity index (χ2n) is 4.45. The molecule has 1 amide bonds. The number of hydrogen-bond acceptors (Lipinski definition) is 5. The average Bonchev–Trinajstić information content (AvgIpc) is 3.02. The predicted molar refractivity (Wildman–Crippen MR) is 82.0 cm³/mol. The number of aryl methyl sites for hydroxylation is 2. The molecule has 2 rings (SSSR count). The van der Waals surface area contributed by atoms with Crippen molar-refractivity contribution in [2.24, 2.45) is 7.05 Å². The molecule has 0 aliphatic heterocycles. The molecule has 0 radical (unpaired) electrons. The lowest BCUT2D eigenvalue weighted by Gasteiger charge is -2.17. The zero-order valence-corrected chi connectivity index (χ0v) is 13.4. The number of nitrogens with zero attached hydrogens (tertiary/aromatic N) is 3. The number of nitrogens with one attached hydrogen (secondary N) is 1. The summed E-state index contributed by atoms with van der Waals surface area (Å²) < 4.78 is 2.73. The standard InChI is InChI=1S/C13H18N4OS2/c1-4-10(11-5-6-14-17(11)3)16-12(18)8-20-13-15-9(2)7-19-13/h5-7,10H,4,8H2,1-3H3,(H,16,18)/t10-/m1/s1. The SMILES string of the molecule is CC[C@@H](NC(=O)CSc1nc(C)cs1)c1ccnn1C. The Labute approximate surface area is 126 Å². The number of carbonyl (C=O) groups is 1. The van der Waals surface area contributed by atoms with Gasteiger partial charge in [-0.25, -0.2) is 4.98 Å². The molecule has 0 fully saturated rings. The Balaban J connectivity index is 1.88. The lowest BCUT2D eigenvalue weighted by molar-refractivity contribution is -0.119. The highest BCUT2D eigenvalue weighted by Gasteiger charge is 2.16. The molecule has 0 unspecified atom stereocenters. The van der Waals surface area contributed by atoms with Gasteiger partial charge < -0.3 is 5.32 Å². The molecule has 0 spiro atoms. The molecule has 1 N–H and O–H groups in total. The van der Waals surface area contributed by atoms with Gasteiger partial charge in [0.25, 0.3) is 0 Å². The molecule has 2 aromatic heterocycles. The molecule has 2 heterocycles. The number of hydrogen-bond donors (Lipinski definition) is 1. The summed E-state index contributed by atoms with van der Waals surface area (Å²) in [5.41, 5.74) is 2.02. The van der Waals surface area contributed by atoms with Crippen molar-refractivity contribution in [2.45, 2.75) is 30.6 Å². The normalized spacial score (nSPS) is 12.3. The molecule has 108 valence electrons. The Morgan fingerprint density at radius 1 is 1.60 bits per heavy atom. The molecule has 0 bridgehead atoms. The average molecular weight is 310 g/mol. The van der Waals surface area contributed by atoms with E-state index in [1.807, 2.05) is 25.4 Å². The van der Waals surface area contributed by atoms with Crippen LogP contribution in [0.25, 0.3) is 0 Å². The molecule has 0 aliphatic carbocycles. The van der Waals surface area contributed by atoms with Crippen LogP contribution < -0.4 is 5.32 Å². The Kier molecular flexibility index (Phi) is 5.19. The molecule has 20 heavy (non-hydrogen) atoms. The summed E-state index contributed by atoms with van der Waals surface area (Å²) in [5.74, 6) is 0.414. The number of amides is 1. The van der Waals surface area contributed by atoms with Gasteiger partial charge in [-0.05, 0) is 19.4 Å². The van der Waals surface area contributed by atoms with Gasteiger partial charge >= 0.3 is 0 Å². The quantitative estimate of drug-likeness (QED) is 0.833. The zero-order valence-electron chi connectivity index (χ0n) is 11.8. The summed E-state index contributed by atoms with van der Waals surface area (Å²) >= 11 is 3.05. The van der Waals surface area contributed by atoms with Crippen LogP contribution in [0.2, 0.25) is 0 Å². The van der Waals surface area contributed by atoms with Crippen LogP contribution in [0.5, 0.6) is 0 Å². The van der Waals surface area contributed by atoms with Gasteiger partial charge in [0.1, 0.15) is 0 Å². The van der Waals surface area contributed by atoms with Crippen LogP contribution >= 0.6 is 23.1 Å². The van der Waals surface area contributed by atoms with E-state index in [-0.39, 0.29) is 11.9 Å². The number of carbonyl (C=O) groups excluding carboxylic acids is 1. The molecular weight excluding hydrogens is 292 g/mol. The number of thioether (sulfide) groups is 1. The summed E-state index contributed by atoms with van der Waals surface area (Å²) in [7, 11) is 1.89. The minimum Gasteiger partial charge on any atom is -0.347 e. The molecule has 1 atom stereocenters. The third-order valence-electron chi connectivity index (χ3n) is 2.88. The van der Waals surface area contributed by atoms with Gasteiger partial charge in [-0.3, -0.25) is 9.48 Å². The van der Waals surface area contributed by atoms with Crippen molar-refractivity contribution in [2.75, 3.05) is 5.75 Å². The third kappa shape index (κ3) is 3.83. The molecule has 0 saturated heterocycles. The summed E-state index contributed by atoms with van der Waals surface area (Å²) in [5, 5.41) is 9.17. The van der Waals surface area contributed by atoms with Gasteiger partial charge in [0.15, 0.2) is 4.34 Å². The smallest absolute Gasteiger partial charge is 0.230 e. The summed E-state index contributed by atoms with van der Waals surface area (Å²) in [6.45, 7) is 4.01. The van der Waals surface area contributed by atoms with Crippen molar-refractivity contribution >= 4 is 29.0 Å². The lowest BCUT2D eigenvalue weighted by atomic mass is 10.1. The first-order chi connectivity index (χ1) is 9.60. The van der Waals surface area contributed by atoms with Crippen LogP contribution in [0.4, 0.5) is 0 Å². The zero-order chi connectivity index (χ0) is 14.5. The topological polar surface area (TPSA) is 59.8 Å². The summed E-state index contributed by atoms with van der Waals surface area (Å²) in [4.78, 5) is 16.3. The predicted octanol–water partition coefficient (Wildman–Crippen LogP) is 2.54. The molecule has 0 aliphatic rings. The van der Waals surface area contributed by atoms with E-state index in [0.29, 0.717) is 5.75 Å². The molecule has 5 nitrogen and oxygen atoms in total. The van der Waals surface area contributed by atoms with E-state index in [2.05, 4.69) is 22.3 Å². The Hall–Kier alpha value is -1.34. The Bertz CT molecular complexity index is 578. The first-order valence-electron chi connectivity index (χ1n) is 6.42. The Morgan fingerprint density at radius 3 is 2.95 bits per heavy atom. The van der Waals surface area contributed by atoms with Crippen LogP contribution in [-0.2, 0) is 11.8 Å². The van der Waals surface area contributed by atoms with Gasteiger partial charge in [0, 0.05) is 24.3 Å². The Morgan fingerprint density at radius 2 is 2.40 bits per heavy atom. The maximum Gasteiger partial charge on any atom is 0.230 e. The van der Waals surface area contributed by atoms with Crippen LogP contribution in [0.1, 0.15) is 30.8 Å². The van der Waals surface area contributed by atoms with Crippen LogP contribution in [0.15, 0.2) is 22.0 Å². The van der Waals surface area contributed by atoms with Gasteiger partial charge in [-0.2, -0.15) is 5.10 Å². The highest BCUT2D eigenvalue weighted by atomic mass is 32.2. The lowest BCUT2D eigenvalue weighted by Crippen LogP contribution is -2.30. The van der Waals surface area contributed by atoms with Crippen molar-refractivity contribution in [3.05, 3.63) is 29.0 Å². The minimum absolute atomic E-state index is 0.00799. The second kappa shape index (κ2) is 6.90. The van der Waals surface area contributed by atoms with Gasteiger partial charge in [-0.15, -0.1) is 11.3 Å².